The number of anilines is 1. The predicted molar refractivity (Wildman–Crippen MR) is 101 cm³/mol. The van der Waals surface area contributed by atoms with E-state index in [9.17, 15) is 16.8 Å². The van der Waals surface area contributed by atoms with Crippen molar-refractivity contribution in [1.82, 2.24) is 13.7 Å². The van der Waals surface area contributed by atoms with Gasteiger partial charge in [0.05, 0.1) is 27.6 Å². The zero-order chi connectivity index (χ0) is 18.5. The Labute approximate surface area is 156 Å². The molecule has 0 atom stereocenters. The van der Waals surface area contributed by atoms with Crippen LogP contribution in [0.1, 0.15) is 0 Å². The molecule has 2 aromatic carbocycles. The zero-order valence-electron chi connectivity index (χ0n) is 13.1. The third-order valence-electron chi connectivity index (χ3n) is 3.48. The molecule has 134 valence electrons. The van der Waals surface area contributed by atoms with Gasteiger partial charge in [-0.25, -0.2) is 21.8 Å². The fourth-order valence-electron chi connectivity index (χ4n) is 2.33. The van der Waals surface area contributed by atoms with Crippen LogP contribution in [0.4, 0.5) is 5.69 Å². The number of sulfonamides is 1. The third kappa shape index (κ3) is 3.05. The lowest BCUT2D eigenvalue weighted by Gasteiger charge is -2.08. The maximum Gasteiger partial charge on any atom is 0.264 e. The van der Waals surface area contributed by atoms with Crippen molar-refractivity contribution in [2.75, 3.05) is 11.0 Å². The van der Waals surface area contributed by atoms with E-state index >= 15 is 0 Å². The van der Waals surface area contributed by atoms with Crippen molar-refractivity contribution >= 4 is 69.9 Å². The first kappa shape index (κ1) is 17.3. The highest BCUT2D eigenvalue weighted by Crippen LogP contribution is 2.29. The predicted octanol–water partition coefficient (Wildman–Crippen LogP) is 2.51. The fourth-order valence-corrected chi connectivity index (χ4v) is 6.03. The van der Waals surface area contributed by atoms with Crippen molar-refractivity contribution in [2.45, 2.75) is 9.24 Å². The first-order valence-corrected chi connectivity index (χ1v) is 12.0. The molecule has 0 unspecified atom stereocenters. The normalized spacial score (nSPS) is 12.7. The van der Waals surface area contributed by atoms with Gasteiger partial charge >= 0.3 is 0 Å². The second-order valence-corrected chi connectivity index (χ2v) is 10.8. The van der Waals surface area contributed by atoms with Gasteiger partial charge in [0.1, 0.15) is 15.9 Å². The quantitative estimate of drug-likeness (QED) is 0.532. The summed E-state index contributed by atoms with van der Waals surface area (Å²) in [5, 5.41) is 0. The molecule has 2 aromatic heterocycles. The van der Waals surface area contributed by atoms with Crippen LogP contribution < -0.4 is 4.72 Å². The first-order chi connectivity index (χ1) is 12.2. The second kappa shape index (κ2) is 5.94. The molecule has 2 heterocycles. The smallest absolute Gasteiger partial charge is 0.264 e. The van der Waals surface area contributed by atoms with Gasteiger partial charge in [-0.05, 0) is 30.3 Å². The summed E-state index contributed by atoms with van der Waals surface area (Å²) < 4.78 is 59.9. The van der Waals surface area contributed by atoms with Gasteiger partial charge in [-0.15, -0.1) is 11.3 Å². The van der Waals surface area contributed by atoms with Gasteiger partial charge in [0.15, 0.2) is 0 Å². The van der Waals surface area contributed by atoms with E-state index in [1.54, 1.807) is 24.3 Å². The van der Waals surface area contributed by atoms with Crippen molar-refractivity contribution in [1.29, 1.82) is 0 Å². The Morgan fingerprint density at radius 2 is 1.81 bits per heavy atom. The number of nitrogens with zero attached hydrogens (tertiary/aromatic N) is 3. The van der Waals surface area contributed by atoms with Crippen LogP contribution in [0.15, 0.2) is 45.6 Å². The number of fused-ring (bicyclic) bond motifs is 2. The number of hydrogen-bond donors (Lipinski definition) is 1. The Kier molecular flexibility index (Phi) is 3.95. The highest BCUT2D eigenvalue weighted by atomic mass is 32.2. The molecule has 8 nitrogen and oxygen atoms in total. The van der Waals surface area contributed by atoms with E-state index in [0.29, 0.717) is 26.9 Å². The number of aromatic nitrogens is 3. The number of thiazole rings is 1. The first-order valence-electron chi connectivity index (χ1n) is 7.09. The van der Waals surface area contributed by atoms with Crippen LogP contribution in [-0.4, -0.2) is 36.8 Å². The summed E-state index contributed by atoms with van der Waals surface area (Å²) in [6, 6.07) is 9.41. The molecule has 4 rings (SSSR count). The van der Waals surface area contributed by atoms with Crippen LogP contribution in [-0.2, 0) is 19.9 Å². The molecule has 0 amide bonds. The van der Waals surface area contributed by atoms with Crippen LogP contribution in [0.25, 0.3) is 21.3 Å². The average Bonchev–Trinajstić information content (AvgIpc) is 3.19. The molecule has 0 saturated heterocycles. The topological polar surface area (TPSA) is 119 Å². The van der Waals surface area contributed by atoms with Crippen molar-refractivity contribution in [2.24, 2.45) is 0 Å². The Bertz CT molecular complexity index is 1360. The number of hydrogen-bond acceptors (Lipinski definition) is 9. The van der Waals surface area contributed by atoms with Gasteiger partial charge in [0.25, 0.3) is 10.0 Å². The molecule has 0 saturated carbocycles. The summed E-state index contributed by atoms with van der Waals surface area (Å²) in [4.78, 5) is 4.08. The molecule has 4 aromatic rings. The number of sulfone groups is 1. The molecule has 0 fully saturated rings. The number of nitrogens with one attached hydrogen (secondary N) is 1. The minimum Gasteiger partial charge on any atom is -0.280 e. The highest BCUT2D eigenvalue weighted by molar-refractivity contribution is 7.93. The molecule has 0 aliphatic rings. The number of rotatable bonds is 4. The minimum atomic E-state index is -3.88. The zero-order valence-corrected chi connectivity index (χ0v) is 16.3. The van der Waals surface area contributed by atoms with Crippen LogP contribution in [0, 0.1) is 0 Å². The molecule has 0 aliphatic heterocycles. The maximum atomic E-state index is 12.7. The van der Waals surface area contributed by atoms with E-state index in [1.165, 1.54) is 12.1 Å². The molecule has 0 bridgehead atoms. The molecule has 26 heavy (non-hydrogen) atoms. The SMILES string of the molecule is CS(=O)(=O)c1nc2ccc(NS(=O)(=O)c3cccc4nsnc34)cc2s1. The lowest BCUT2D eigenvalue weighted by atomic mass is 10.3. The Hall–Kier alpha value is -2.15. The lowest BCUT2D eigenvalue weighted by Crippen LogP contribution is -2.13. The summed E-state index contributed by atoms with van der Waals surface area (Å²) >= 11 is 1.93. The van der Waals surface area contributed by atoms with Gasteiger partial charge < -0.3 is 0 Å². The fraction of sp³-hybridized carbons (Fsp3) is 0.0714. The standard InChI is InChI=1S/C14H10N4O4S4/c1-25(19,20)14-15-9-6-5-8(7-11(9)23-14)18-26(21,22)12-4-2-3-10-13(12)17-24-16-10/h2-7,18H,1H3. The molecule has 12 heteroatoms. The van der Waals surface area contributed by atoms with E-state index in [2.05, 4.69) is 18.5 Å². The Morgan fingerprint density at radius 3 is 2.58 bits per heavy atom. The van der Waals surface area contributed by atoms with Gasteiger partial charge in [-0.2, -0.15) is 8.75 Å². The van der Waals surface area contributed by atoms with E-state index in [0.717, 1.165) is 29.3 Å². The number of benzene rings is 2. The van der Waals surface area contributed by atoms with Gasteiger partial charge in [0, 0.05) is 6.26 Å². The van der Waals surface area contributed by atoms with Crippen LogP contribution >= 0.6 is 23.1 Å². The van der Waals surface area contributed by atoms with Crippen LogP contribution in [0.2, 0.25) is 0 Å². The molecule has 0 radical (unpaired) electrons. The van der Waals surface area contributed by atoms with Gasteiger partial charge in [0.2, 0.25) is 14.2 Å². The Morgan fingerprint density at radius 1 is 1.00 bits per heavy atom. The summed E-state index contributed by atoms with van der Waals surface area (Å²) in [5.74, 6) is 0. The second-order valence-electron chi connectivity index (χ2n) is 5.43. The van der Waals surface area contributed by atoms with Gasteiger partial charge in [-0.1, -0.05) is 6.07 Å². The van der Waals surface area contributed by atoms with Crippen LogP contribution in [0.5, 0.6) is 0 Å². The summed E-state index contributed by atoms with van der Waals surface area (Å²) in [6.07, 6.45) is 1.08. The average molecular weight is 427 g/mol. The van der Waals surface area contributed by atoms with Crippen molar-refractivity contribution in [3.05, 3.63) is 36.4 Å². The third-order valence-corrected chi connectivity index (χ3v) is 8.13. The maximum absolute atomic E-state index is 12.7. The molecule has 1 N–H and O–H groups in total. The van der Waals surface area contributed by atoms with Crippen LogP contribution in [0.3, 0.4) is 0 Å². The van der Waals surface area contributed by atoms with E-state index in [4.69, 9.17) is 0 Å². The monoisotopic (exact) mass is 426 g/mol. The highest BCUT2D eigenvalue weighted by Gasteiger charge is 2.20. The van der Waals surface area contributed by atoms with Crippen molar-refractivity contribution < 1.29 is 16.8 Å². The van der Waals surface area contributed by atoms with E-state index in [1.807, 2.05) is 0 Å². The summed E-state index contributed by atoms with van der Waals surface area (Å²) in [5.41, 5.74) is 1.61. The molecular formula is C14H10N4O4S4. The van der Waals surface area contributed by atoms with Crippen molar-refractivity contribution in [3.63, 3.8) is 0 Å². The summed E-state index contributed by atoms with van der Waals surface area (Å²) in [6.45, 7) is 0. The largest absolute Gasteiger partial charge is 0.280 e. The van der Waals surface area contributed by atoms with E-state index < -0.39 is 19.9 Å². The van der Waals surface area contributed by atoms with E-state index in [-0.39, 0.29) is 9.24 Å². The molecule has 0 aliphatic carbocycles. The molecular weight excluding hydrogens is 416 g/mol. The summed E-state index contributed by atoms with van der Waals surface area (Å²) in [7, 11) is -7.30. The Balaban J connectivity index is 1.75. The lowest BCUT2D eigenvalue weighted by molar-refractivity contribution is 0.600. The van der Waals surface area contributed by atoms with Crippen molar-refractivity contribution in [3.8, 4) is 0 Å². The minimum absolute atomic E-state index is 0.00850. The van der Waals surface area contributed by atoms with Gasteiger partial charge in [-0.3, -0.25) is 4.72 Å². The molecule has 0 spiro atoms.